The number of amides is 3. The first kappa shape index (κ1) is 47.8. The van der Waals surface area contributed by atoms with Crippen molar-refractivity contribution in [3.05, 3.63) is 118 Å². The summed E-state index contributed by atoms with van der Waals surface area (Å²) in [6.45, 7) is 13.4. The molecule has 2 aromatic heterocycles. The minimum Gasteiger partial charge on any atom is -0.396 e. The van der Waals surface area contributed by atoms with Gasteiger partial charge < -0.3 is 41.7 Å². The van der Waals surface area contributed by atoms with Crippen LogP contribution in [0.4, 0.5) is 69.5 Å². The second-order valence-corrected chi connectivity index (χ2v) is 14.7. The van der Waals surface area contributed by atoms with Crippen LogP contribution < -0.4 is 31.5 Å². The van der Waals surface area contributed by atoms with Gasteiger partial charge in [0.1, 0.15) is 29.6 Å². The molecule has 64 heavy (non-hydrogen) atoms. The summed E-state index contributed by atoms with van der Waals surface area (Å²) >= 11 is 5.46. The first-order valence-electron chi connectivity index (χ1n) is 18.8. The van der Waals surface area contributed by atoms with Crippen LogP contribution in [-0.2, 0) is 17.1 Å². The number of rotatable bonds is 7. The average molecular weight is 914 g/mol. The van der Waals surface area contributed by atoms with E-state index in [4.69, 9.17) is 36.5 Å². The largest absolute Gasteiger partial charge is 0.409 e. The molecule has 23 heteroatoms. The Morgan fingerprint density at radius 3 is 1.77 bits per heavy atom. The van der Waals surface area contributed by atoms with Gasteiger partial charge in [0.2, 0.25) is 0 Å². The number of pyridine rings is 2. The highest BCUT2D eigenvalue weighted by atomic mass is 32.1. The predicted molar refractivity (Wildman–Crippen MR) is 223 cm³/mol. The first-order valence-corrected chi connectivity index (χ1v) is 19.2. The zero-order chi connectivity index (χ0) is 47.4. The van der Waals surface area contributed by atoms with E-state index in [1.54, 1.807) is 6.07 Å². The van der Waals surface area contributed by atoms with Crippen LogP contribution in [0.3, 0.4) is 0 Å². The molecular weight excluding hydrogens is 879 g/mol. The van der Waals surface area contributed by atoms with Gasteiger partial charge in [0.25, 0.3) is 29.4 Å². The molecular formula is C41H35F8N11O3S. The summed E-state index contributed by atoms with van der Waals surface area (Å²) in [4.78, 5) is 51.2. The molecule has 0 unspecified atom stereocenters. The third kappa shape index (κ3) is 9.53. The number of carbonyl (C=O) groups is 3. The fraction of sp³-hybridized carbons (Fsp3) is 0.293. The van der Waals surface area contributed by atoms with Crippen molar-refractivity contribution >= 4 is 75.7 Å². The average Bonchev–Trinajstić information content (AvgIpc) is 3.47. The highest BCUT2D eigenvalue weighted by molar-refractivity contribution is 7.81. The van der Waals surface area contributed by atoms with E-state index >= 15 is 0 Å². The molecule has 1 saturated heterocycles. The molecule has 2 aromatic carbocycles. The molecule has 3 aliphatic rings. The minimum absolute atomic E-state index is 0.0283. The quantitative estimate of drug-likeness (QED) is 0.0526. The molecule has 334 valence electrons. The molecule has 6 N–H and O–H groups in total. The maximum atomic E-state index is 14.6. The number of halogens is 8. The third-order valence-electron chi connectivity index (χ3n) is 10.5. The number of alkyl halides is 6. The van der Waals surface area contributed by atoms with Gasteiger partial charge in [-0.05, 0) is 99.3 Å². The minimum atomic E-state index is -4.86. The molecule has 0 bridgehead atoms. The highest BCUT2D eigenvalue weighted by Crippen LogP contribution is 2.49. The van der Waals surface area contributed by atoms with Crippen LogP contribution in [0.1, 0.15) is 70.4 Å². The Bertz CT molecular complexity index is 2600. The number of nitrogens with zero attached hydrogens (tertiary/aromatic N) is 6. The van der Waals surface area contributed by atoms with E-state index in [9.17, 15) is 49.5 Å². The zero-order valence-corrected chi connectivity index (χ0v) is 34.3. The molecule has 7 rings (SSSR count). The number of carbonyl (C=O) groups excluding carboxylic acids is 3. The van der Waals surface area contributed by atoms with Crippen LogP contribution in [0.15, 0.2) is 60.9 Å². The van der Waals surface area contributed by atoms with Crippen molar-refractivity contribution < 1.29 is 49.5 Å². The molecule has 0 atom stereocenters. The van der Waals surface area contributed by atoms with Gasteiger partial charge in [-0.15, -0.1) is 9.97 Å². The van der Waals surface area contributed by atoms with E-state index in [0.29, 0.717) is 37.1 Å². The van der Waals surface area contributed by atoms with Gasteiger partial charge in [-0.1, -0.05) is 13.1 Å². The summed E-state index contributed by atoms with van der Waals surface area (Å²) in [5.74, 6) is -4.54. The lowest BCUT2D eigenvalue weighted by Crippen LogP contribution is -2.55. The molecule has 4 aromatic rings. The molecule has 0 radical (unpaired) electrons. The van der Waals surface area contributed by atoms with Gasteiger partial charge in [0, 0.05) is 31.7 Å². The van der Waals surface area contributed by atoms with Crippen LogP contribution >= 0.6 is 12.2 Å². The molecule has 1 spiro atoms. The van der Waals surface area contributed by atoms with Crippen molar-refractivity contribution in [1.82, 2.24) is 20.6 Å². The fourth-order valence-corrected chi connectivity index (χ4v) is 7.34. The molecule has 3 fully saturated rings. The monoisotopic (exact) mass is 913 g/mol. The Kier molecular flexibility index (Phi) is 13.9. The van der Waals surface area contributed by atoms with Crippen molar-refractivity contribution in [2.24, 2.45) is 0 Å². The fourth-order valence-electron chi connectivity index (χ4n) is 6.87. The number of nitrogen functional groups attached to an aromatic ring is 1. The molecule has 3 heterocycles. The molecule has 2 saturated carbocycles. The van der Waals surface area contributed by atoms with Crippen molar-refractivity contribution in [3.8, 4) is 0 Å². The number of thiocarbonyl (C=S) groups is 1. The number of nitrogens with two attached hydrogens (primary N) is 1. The molecule has 2 aliphatic carbocycles. The van der Waals surface area contributed by atoms with E-state index in [-0.39, 0.29) is 38.8 Å². The Hall–Kier alpha value is -7.27. The SMILES string of the molecule is CNC(=O)c1ccc(NC2(C=N)CCC2)cc1F.[C-]#[N+]c1ncc(N)cc1C(F)(F)F.[C-]#[N+]c1ncc(N2C(=O)C3(CCC3)N(c3ccc(C(=O)NC)c(F)c3)C2=S)cc1C(F)(F)F. The van der Waals surface area contributed by atoms with E-state index in [2.05, 4.69) is 35.6 Å². The van der Waals surface area contributed by atoms with Gasteiger partial charge in [0.15, 0.2) is 5.11 Å². The molecule has 3 amide bonds. The Morgan fingerprint density at radius 2 is 1.33 bits per heavy atom. The van der Waals surface area contributed by atoms with Crippen LogP contribution in [0.25, 0.3) is 9.69 Å². The standard InChI is InChI=1S/C21H15F4N5O2S.C13H16FN3O.C7H4F3N3/c1-26-16-14(21(23,24)25)8-12(10-28-16)29-18(32)20(6-3-7-20)30(19(29)33)11-4-5-13(15(22)9-11)17(31)27-2;1-16-12(18)10-4-3-9(7-11(10)14)17-13(8-15)5-2-6-13;1-12-6-5(7(8,9)10)2-4(11)3-13-6/h4-5,8-10H,3,6-7H2,2H3,(H,27,31);3-4,7-8,15,17H,2,5-6H2,1H3,(H,16,18);2-3H,11H2. The van der Waals surface area contributed by atoms with Crippen molar-refractivity contribution in [2.45, 2.75) is 62.0 Å². The number of hydrogen-bond donors (Lipinski definition) is 5. The summed E-state index contributed by atoms with van der Waals surface area (Å²) in [6, 6.07) is 9.52. The van der Waals surface area contributed by atoms with E-state index in [1.165, 1.54) is 49.5 Å². The number of anilines is 4. The third-order valence-corrected chi connectivity index (χ3v) is 10.8. The van der Waals surface area contributed by atoms with Crippen LogP contribution in [0.2, 0.25) is 0 Å². The number of nitrogens with one attached hydrogen (secondary N) is 4. The van der Waals surface area contributed by atoms with Crippen molar-refractivity contribution in [1.29, 1.82) is 5.41 Å². The second-order valence-electron chi connectivity index (χ2n) is 14.4. The number of hydrogen-bond acceptors (Lipinski definition) is 9. The lowest BCUT2D eigenvalue weighted by Gasteiger charge is -2.43. The lowest BCUT2D eigenvalue weighted by atomic mass is 9.75. The predicted octanol–water partition coefficient (Wildman–Crippen LogP) is 8.61. The number of benzene rings is 2. The summed E-state index contributed by atoms with van der Waals surface area (Å²) in [5.41, 5.74) is 1.51. The molecule has 14 nitrogen and oxygen atoms in total. The van der Waals surface area contributed by atoms with Gasteiger partial charge in [-0.25, -0.2) is 8.78 Å². The van der Waals surface area contributed by atoms with Gasteiger partial charge in [0.05, 0.1) is 39.2 Å². The van der Waals surface area contributed by atoms with Crippen LogP contribution in [0, 0.1) is 30.2 Å². The summed E-state index contributed by atoms with van der Waals surface area (Å²) < 4.78 is 105. The summed E-state index contributed by atoms with van der Waals surface area (Å²) in [5, 5.41) is 15.1. The van der Waals surface area contributed by atoms with Crippen LogP contribution in [0.5, 0.6) is 0 Å². The molecule has 1 aliphatic heterocycles. The Balaban J connectivity index is 0.000000207. The van der Waals surface area contributed by atoms with E-state index < -0.39 is 70.0 Å². The zero-order valence-electron chi connectivity index (χ0n) is 33.5. The second kappa shape index (κ2) is 18.6. The van der Waals surface area contributed by atoms with Gasteiger partial charge in [-0.2, -0.15) is 26.3 Å². The van der Waals surface area contributed by atoms with E-state index in [1.807, 2.05) is 0 Å². The van der Waals surface area contributed by atoms with Crippen LogP contribution in [-0.4, -0.2) is 64.2 Å². The van der Waals surface area contributed by atoms with Crippen molar-refractivity contribution in [2.75, 3.05) is 34.9 Å². The Labute approximate surface area is 365 Å². The lowest BCUT2D eigenvalue weighted by molar-refractivity contribution is -0.137. The smallest absolute Gasteiger partial charge is 0.396 e. The topological polar surface area (TPSA) is 178 Å². The summed E-state index contributed by atoms with van der Waals surface area (Å²) in [6.07, 6.45) is -1.84. The summed E-state index contributed by atoms with van der Waals surface area (Å²) in [7, 11) is 2.82. The van der Waals surface area contributed by atoms with Crippen molar-refractivity contribution in [3.63, 3.8) is 0 Å². The maximum absolute atomic E-state index is 14.6. The van der Waals surface area contributed by atoms with E-state index in [0.717, 1.165) is 42.6 Å². The maximum Gasteiger partial charge on any atom is 0.409 e. The van der Waals surface area contributed by atoms with Gasteiger partial charge in [-0.3, -0.25) is 19.3 Å². The first-order chi connectivity index (χ1) is 30.1. The normalized spacial score (nSPS) is 15.8. The number of aromatic nitrogens is 2. The van der Waals surface area contributed by atoms with Gasteiger partial charge >= 0.3 is 12.4 Å². The highest BCUT2D eigenvalue weighted by Gasteiger charge is 2.60. The Morgan fingerprint density at radius 1 is 0.812 bits per heavy atom.